The number of pyridine rings is 1. The Kier molecular flexibility index (Phi) is 5.21. The van der Waals surface area contributed by atoms with Crippen LogP contribution >= 0.6 is 0 Å². The Morgan fingerprint density at radius 1 is 0.971 bits per heavy atom. The summed E-state index contributed by atoms with van der Waals surface area (Å²) in [5, 5.41) is 3.53. The normalized spacial score (nSPS) is 14.9. The third-order valence-corrected chi connectivity index (χ3v) is 6.94. The van der Waals surface area contributed by atoms with Crippen LogP contribution in [0.5, 0.6) is 0 Å². The number of hydrogen-bond acceptors (Lipinski definition) is 6. The second-order valence-electron chi connectivity index (χ2n) is 9.21. The minimum Gasteiger partial charge on any atom is -0.371 e. The molecule has 35 heavy (non-hydrogen) atoms. The van der Waals surface area contributed by atoms with Gasteiger partial charge in [-0.25, -0.2) is 4.98 Å². The van der Waals surface area contributed by atoms with Crippen molar-refractivity contribution in [2.45, 2.75) is 32.1 Å². The first kappa shape index (κ1) is 21.3. The van der Waals surface area contributed by atoms with Crippen molar-refractivity contribution in [3.63, 3.8) is 0 Å². The Bertz CT molecular complexity index is 1520. The standard InChI is InChI=1S/C27H26N6O2/c28-25(35)23-16-33(21-10-9-17-5-3-6-18(17)13-21)26-22(24(23)34)15-29-27(31-26)30-19-7-4-8-20(14-19)32-11-1-2-12-32/h4,7-10,13-16H,1-3,5-6,11-12H2,(H2,28,35)(H,29,30,31). The first-order valence-corrected chi connectivity index (χ1v) is 12.0. The van der Waals surface area contributed by atoms with Gasteiger partial charge in [-0.2, -0.15) is 4.98 Å². The fraction of sp³-hybridized carbons (Fsp3) is 0.259. The largest absolute Gasteiger partial charge is 0.371 e. The molecule has 1 amide bonds. The first-order chi connectivity index (χ1) is 17.1. The Labute approximate surface area is 202 Å². The van der Waals surface area contributed by atoms with Gasteiger partial charge in [-0.05, 0) is 73.6 Å². The van der Waals surface area contributed by atoms with Crippen molar-refractivity contribution < 1.29 is 4.79 Å². The van der Waals surface area contributed by atoms with Crippen molar-refractivity contribution in [1.82, 2.24) is 14.5 Å². The number of benzene rings is 2. The van der Waals surface area contributed by atoms with E-state index in [2.05, 4.69) is 39.5 Å². The number of fused-ring (bicyclic) bond motifs is 2. The molecule has 4 aromatic rings. The molecule has 176 valence electrons. The summed E-state index contributed by atoms with van der Waals surface area (Å²) in [6.07, 6.45) is 8.59. The van der Waals surface area contributed by atoms with E-state index in [1.807, 2.05) is 18.2 Å². The Balaban J connectivity index is 1.45. The number of nitrogens with zero attached hydrogens (tertiary/aromatic N) is 4. The van der Waals surface area contributed by atoms with Crippen molar-refractivity contribution in [2.24, 2.45) is 5.73 Å². The molecule has 0 radical (unpaired) electrons. The van der Waals surface area contributed by atoms with Gasteiger partial charge in [0.05, 0.1) is 5.39 Å². The summed E-state index contributed by atoms with van der Waals surface area (Å²) in [5.41, 5.74) is 10.9. The number of amides is 1. The maximum atomic E-state index is 13.0. The Morgan fingerprint density at radius 3 is 2.63 bits per heavy atom. The van der Waals surface area contributed by atoms with Crippen molar-refractivity contribution >= 4 is 34.3 Å². The second-order valence-corrected chi connectivity index (χ2v) is 9.21. The van der Waals surface area contributed by atoms with Gasteiger partial charge >= 0.3 is 0 Å². The molecule has 6 rings (SSSR count). The maximum absolute atomic E-state index is 13.0. The van der Waals surface area contributed by atoms with Crippen LogP contribution in [0.2, 0.25) is 0 Å². The van der Waals surface area contributed by atoms with E-state index >= 15 is 0 Å². The topological polar surface area (TPSA) is 106 Å². The molecule has 3 heterocycles. The van der Waals surface area contributed by atoms with E-state index in [1.54, 1.807) is 4.57 Å². The molecule has 0 spiro atoms. The molecular formula is C27H26N6O2. The highest BCUT2D eigenvalue weighted by Gasteiger charge is 2.18. The molecule has 3 N–H and O–H groups in total. The SMILES string of the molecule is NC(=O)c1cn(-c2ccc3c(c2)CCC3)c2nc(Nc3cccc(N4CCCC4)c3)ncc2c1=O. The maximum Gasteiger partial charge on any atom is 0.254 e. The number of primary amides is 1. The highest BCUT2D eigenvalue weighted by atomic mass is 16.2. The van der Waals surface area contributed by atoms with Crippen LogP contribution in [0.1, 0.15) is 40.7 Å². The molecule has 2 aromatic heterocycles. The number of hydrogen-bond donors (Lipinski definition) is 2. The van der Waals surface area contributed by atoms with Gasteiger partial charge in [0.1, 0.15) is 5.56 Å². The number of anilines is 3. The lowest BCUT2D eigenvalue weighted by Gasteiger charge is -2.18. The van der Waals surface area contributed by atoms with E-state index in [4.69, 9.17) is 10.7 Å². The molecule has 0 atom stereocenters. The predicted molar refractivity (Wildman–Crippen MR) is 137 cm³/mol. The third kappa shape index (κ3) is 3.90. The van der Waals surface area contributed by atoms with E-state index in [0.717, 1.165) is 49.4 Å². The van der Waals surface area contributed by atoms with Crippen molar-refractivity contribution in [2.75, 3.05) is 23.3 Å². The summed E-state index contributed by atoms with van der Waals surface area (Å²) in [6, 6.07) is 14.4. The van der Waals surface area contributed by atoms with Gasteiger partial charge in [0.25, 0.3) is 5.91 Å². The molecule has 2 aromatic carbocycles. The lowest BCUT2D eigenvalue weighted by atomic mass is 10.1. The summed E-state index contributed by atoms with van der Waals surface area (Å²) in [5.74, 6) is -0.398. The smallest absolute Gasteiger partial charge is 0.254 e. The second kappa shape index (κ2) is 8.54. The highest BCUT2D eigenvalue weighted by Crippen LogP contribution is 2.27. The fourth-order valence-electron chi connectivity index (χ4n) is 5.14. The number of carbonyl (C=O) groups excluding carboxylic acids is 1. The number of nitrogens with two attached hydrogens (primary N) is 1. The molecule has 0 saturated carbocycles. The average Bonchev–Trinajstić information content (AvgIpc) is 3.56. The molecule has 1 aliphatic carbocycles. The van der Waals surface area contributed by atoms with Crippen LogP contribution in [-0.2, 0) is 12.8 Å². The molecule has 1 fully saturated rings. The van der Waals surface area contributed by atoms with Gasteiger partial charge in [0.2, 0.25) is 11.4 Å². The van der Waals surface area contributed by atoms with Gasteiger partial charge < -0.3 is 20.5 Å². The van der Waals surface area contributed by atoms with Crippen LogP contribution < -0.4 is 21.4 Å². The molecule has 1 saturated heterocycles. The van der Waals surface area contributed by atoms with E-state index in [0.29, 0.717) is 11.6 Å². The molecule has 2 aliphatic rings. The number of aryl methyl sites for hydroxylation is 2. The minimum atomic E-state index is -0.771. The van der Waals surface area contributed by atoms with Crippen LogP contribution in [0.25, 0.3) is 16.7 Å². The Hall–Kier alpha value is -4.20. The first-order valence-electron chi connectivity index (χ1n) is 12.0. The average molecular weight is 467 g/mol. The minimum absolute atomic E-state index is 0.0828. The molecular weight excluding hydrogens is 440 g/mol. The van der Waals surface area contributed by atoms with E-state index < -0.39 is 11.3 Å². The number of aromatic nitrogens is 3. The summed E-state index contributed by atoms with van der Waals surface area (Å²) in [4.78, 5) is 36.5. The number of rotatable bonds is 5. The predicted octanol–water partition coefficient (Wildman–Crippen LogP) is 3.71. The summed E-state index contributed by atoms with van der Waals surface area (Å²) >= 11 is 0. The summed E-state index contributed by atoms with van der Waals surface area (Å²) < 4.78 is 1.77. The Morgan fingerprint density at radius 2 is 1.80 bits per heavy atom. The molecule has 8 nitrogen and oxygen atoms in total. The lowest BCUT2D eigenvalue weighted by Crippen LogP contribution is -2.24. The van der Waals surface area contributed by atoms with Crippen molar-refractivity contribution in [3.05, 3.63) is 81.8 Å². The highest BCUT2D eigenvalue weighted by molar-refractivity contribution is 5.96. The molecule has 0 bridgehead atoms. The van der Waals surface area contributed by atoms with E-state index in [1.165, 1.54) is 36.4 Å². The van der Waals surface area contributed by atoms with Crippen LogP contribution in [0, 0.1) is 0 Å². The lowest BCUT2D eigenvalue weighted by molar-refractivity contribution is 0.0999. The number of carbonyl (C=O) groups is 1. The van der Waals surface area contributed by atoms with Crippen molar-refractivity contribution in [1.29, 1.82) is 0 Å². The van der Waals surface area contributed by atoms with Crippen LogP contribution in [-0.4, -0.2) is 33.5 Å². The van der Waals surface area contributed by atoms with Gasteiger partial charge in [-0.1, -0.05) is 12.1 Å². The number of nitrogens with one attached hydrogen (secondary N) is 1. The molecule has 0 unspecified atom stereocenters. The van der Waals surface area contributed by atoms with Crippen LogP contribution in [0.3, 0.4) is 0 Å². The van der Waals surface area contributed by atoms with Gasteiger partial charge in [0, 0.05) is 42.5 Å². The van der Waals surface area contributed by atoms with E-state index in [9.17, 15) is 9.59 Å². The fourth-order valence-corrected chi connectivity index (χ4v) is 5.14. The summed E-state index contributed by atoms with van der Waals surface area (Å²) in [7, 11) is 0. The van der Waals surface area contributed by atoms with Crippen molar-refractivity contribution in [3.8, 4) is 5.69 Å². The van der Waals surface area contributed by atoms with Gasteiger partial charge in [-0.3, -0.25) is 9.59 Å². The molecule has 8 heteroatoms. The quantitative estimate of drug-likeness (QED) is 0.464. The zero-order valence-electron chi connectivity index (χ0n) is 19.3. The summed E-state index contributed by atoms with van der Waals surface area (Å²) in [6.45, 7) is 2.12. The zero-order chi connectivity index (χ0) is 23.9. The van der Waals surface area contributed by atoms with Gasteiger partial charge in [0.15, 0.2) is 5.65 Å². The van der Waals surface area contributed by atoms with E-state index in [-0.39, 0.29) is 10.9 Å². The molecule has 1 aliphatic heterocycles. The van der Waals surface area contributed by atoms with Crippen LogP contribution in [0.4, 0.5) is 17.3 Å². The van der Waals surface area contributed by atoms with Crippen LogP contribution in [0.15, 0.2) is 59.7 Å². The monoisotopic (exact) mass is 466 g/mol. The third-order valence-electron chi connectivity index (χ3n) is 6.94. The zero-order valence-corrected chi connectivity index (χ0v) is 19.3. The van der Waals surface area contributed by atoms with Gasteiger partial charge in [-0.15, -0.1) is 0 Å².